The molecule has 0 bridgehead atoms. The van der Waals surface area contributed by atoms with E-state index in [9.17, 15) is 28.9 Å². The van der Waals surface area contributed by atoms with E-state index in [4.69, 9.17) is 4.74 Å². The third-order valence-corrected chi connectivity index (χ3v) is 4.94. The van der Waals surface area contributed by atoms with E-state index in [0.29, 0.717) is 16.4 Å². The first-order valence-corrected chi connectivity index (χ1v) is 9.76. The molecule has 0 atom stereocenters. The maximum atomic E-state index is 13.0. The minimum atomic E-state index is -0.875. The lowest BCUT2D eigenvalue weighted by molar-refractivity contribution is -0.385. The standard InChI is InChI=1S/C23H16FN3O6/c24-15-6-10-17(11-7-15)33-16-8-4-14(5-9-16)12-25-20(28)13-26-22(29)18-2-1-3-19(27(31)32)21(18)23(26)30/h1-11H,12-13H2,(H,25,28). The van der Waals surface area contributed by atoms with Crippen LogP contribution in [0, 0.1) is 15.9 Å². The van der Waals surface area contributed by atoms with E-state index >= 15 is 0 Å². The Hall–Kier alpha value is -4.60. The largest absolute Gasteiger partial charge is 0.457 e. The molecule has 0 fully saturated rings. The third-order valence-electron chi connectivity index (χ3n) is 4.94. The van der Waals surface area contributed by atoms with Gasteiger partial charge in [-0.1, -0.05) is 18.2 Å². The summed E-state index contributed by atoms with van der Waals surface area (Å²) >= 11 is 0. The summed E-state index contributed by atoms with van der Waals surface area (Å²) < 4.78 is 18.6. The van der Waals surface area contributed by atoms with Gasteiger partial charge in [0.1, 0.15) is 29.4 Å². The Bertz CT molecular complexity index is 1260. The number of ether oxygens (including phenoxy) is 1. The van der Waals surface area contributed by atoms with E-state index < -0.39 is 34.9 Å². The summed E-state index contributed by atoms with van der Waals surface area (Å²) in [5.74, 6) is -1.61. The van der Waals surface area contributed by atoms with Gasteiger partial charge in [0.15, 0.2) is 0 Å². The van der Waals surface area contributed by atoms with Gasteiger partial charge in [-0.05, 0) is 48.0 Å². The van der Waals surface area contributed by atoms with E-state index in [2.05, 4.69) is 5.32 Å². The van der Waals surface area contributed by atoms with E-state index in [0.717, 1.165) is 11.6 Å². The minimum absolute atomic E-state index is 0.0984. The SMILES string of the molecule is O=C(CN1C(=O)c2cccc([N+](=O)[O-])c2C1=O)NCc1ccc(Oc2ccc(F)cc2)cc1. The number of nitro benzene ring substituents is 1. The zero-order valence-electron chi connectivity index (χ0n) is 17.0. The number of hydrogen-bond acceptors (Lipinski definition) is 6. The first kappa shape index (κ1) is 21.6. The van der Waals surface area contributed by atoms with Crippen molar-refractivity contribution >= 4 is 23.4 Å². The second-order valence-electron chi connectivity index (χ2n) is 7.13. The van der Waals surface area contributed by atoms with Gasteiger partial charge < -0.3 is 10.1 Å². The maximum absolute atomic E-state index is 13.0. The number of carbonyl (C=O) groups excluding carboxylic acids is 3. The van der Waals surface area contributed by atoms with Crippen LogP contribution in [0.5, 0.6) is 11.5 Å². The quantitative estimate of drug-likeness (QED) is 0.335. The highest BCUT2D eigenvalue weighted by Crippen LogP contribution is 2.30. The van der Waals surface area contributed by atoms with Gasteiger partial charge in [-0.25, -0.2) is 4.39 Å². The summed E-state index contributed by atoms with van der Waals surface area (Å²) in [5, 5.41) is 13.8. The average Bonchev–Trinajstić information content (AvgIpc) is 3.05. The Kier molecular flexibility index (Phi) is 5.81. The fourth-order valence-electron chi connectivity index (χ4n) is 3.33. The van der Waals surface area contributed by atoms with Crippen molar-refractivity contribution in [1.82, 2.24) is 10.2 Å². The van der Waals surface area contributed by atoms with Crippen LogP contribution in [0.25, 0.3) is 0 Å². The lowest BCUT2D eigenvalue weighted by atomic mass is 10.1. The molecule has 0 saturated heterocycles. The Balaban J connectivity index is 1.34. The van der Waals surface area contributed by atoms with Crippen LogP contribution in [-0.2, 0) is 11.3 Å². The van der Waals surface area contributed by atoms with Crippen molar-refractivity contribution in [2.45, 2.75) is 6.54 Å². The van der Waals surface area contributed by atoms with Gasteiger partial charge in [0.25, 0.3) is 17.5 Å². The Morgan fingerprint density at radius 1 is 0.970 bits per heavy atom. The highest BCUT2D eigenvalue weighted by atomic mass is 19.1. The number of carbonyl (C=O) groups is 3. The van der Waals surface area contributed by atoms with Crippen LogP contribution in [0.2, 0.25) is 0 Å². The van der Waals surface area contributed by atoms with E-state index in [-0.39, 0.29) is 23.5 Å². The summed E-state index contributed by atoms with van der Waals surface area (Å²) in [7, 11) is 0. The fraction of sp³-hybridized carbons (Fsp3) is 0.0870. The predicted octanol–water partition coefficient (Wildman–Crippen LogP) is 3.44. The molecule has 166 valence electrons. The van der Waals surface area contributed by atoms with Crippen molar-refractivity contribution < 1.29 is 28.4 Å². The second-order valence-corrected chi connectivity index (χ2v) is 7.13. The molecule has 4 rings (SSSR count). The van der Waals surface area contributed by atoms with Gasteiger partial charge >= 0.3 is 0 Å². The van der Waals surface area contributed by atoms with Crippen molar-refractivity contribution in [2.24, 2.45) is 0 Å². The molecule has 3 aromatic rings. The molecule has 1 aliphatic heterocycles. The maximum Gasteiger partial charge on any atom is 0.282 e. The van der Waals surface area contributed by atoms with Crippen molar-refractivity contribution in [2.75, 3.05) is 6.54 Å². The van der Waals surface area contributed by atoms with Crippen LogP contribution >= 0.6 is 0 Å². The summed E-state index contributed by atoms with van der Waals surface area (Å²) in [6.45, 7) is -0.436. The Morgan fingerprint density at radius 3 is 2.24 bits per heavy atom. The van der Waals surface area contributed by atoms with Crippen molar-refractivity contribution in [3.05, 3.63) is 99.4 Å². The molecule has 3 amide bonds. The molecule has 0 aliphatic carbocycles. The van der Waals surface area contributed by atoms with E-state index in [1.807, 2.05) is 0 Å². The lowest BCUT2D eigenvalue weighted by Gasteiger charge is -2.13. The minimum Gasteiger partial charge on any atom is -0.457 e. The molecule has 0 unspecified atom stereocenters. The molecule has 0 radical (unpaired) electrons. The average molecular weight is 449 g/mol. The van der Waals surface area contributed by atoms with Crippen LogP contribution in [0.3, 0.4) is 0 Å². The first-order chi connectivity index (χ1) is 15.8. The number of halogens is 1. The molecular weight excluding hydrogens is 433 g/mol. The van der Waals surface area contributed by atoms with Gasteiger partial charge in [0.2, 0.25) is 5.91 Å². The second kappa shape index (κ2) is 8.87. The van der Waals surface area contributed by atoms with Gasteiger partial charge in [0.05, 0.1) is 10.5 Å². The number of amides is 3. The van der Waals surface area contributed by atoms with E-state index in [1.54, 1.807) is 24.3 Å². The normalized spacial score (nSPS) is 12.5. The Labute approximate surface area is 186 Å². The molecule has 0 spiro atoms. The highest BCUT2D eigenvalue weighted by molar-refractivity contribution is 6.24. The fourth-order valence-corrected chi connectivity index (χ4v) is 3.33. The van der Waals surface area contributed by atoms with Crippen LogP contribution in [0.15, 0.2) is 66.7 Å². The number of hydrogen-bond donors (Lipinski definition) is 1. The van der Waals surface area contributed by atoms with Crippen molar-refractivity contribution in [1.29, 1.82) is 0 Å². The summed E-state index contributed by atoms with van der Waals surface area (Å²) in [6, 6.07) is 16.1. The highest BCUT2D eigenvalue weighted by Gasteiger charge is 2.41. The lowest BCUT2D eigenvalue weighted by Crippen LogP contribution is -2.40. The number of nitro groups is 1. The molecule has 3 aromatic carbocycles. The summed E-state index contributed by atoms with van der Waals surface area (Å²) in [4.78, 5) is 48.4. The number of benzene rings is 3. The number of nitrogens with zero attached hydrogens (tertiary/aromatic N) is 2. The molecule has 1 N–H and O–H groups in total. The number of nitrogens with one attached hydrogen (secondary N) is 1. The summed E-state index contributed by atoms with van der Waals surface area (Å²) in [5.41, 5.74) is -0.153. The van der Waals surface area contributed by atoms with Gasteiger partial charge in [-0.2, -0.15) is 0 Å². The van der Waals surface area contributed by atoms with Crippen LogP contribution in [0.4, 0.5) is 10.1 Å². The monoisotopic (exact) mass is 449 g/mol. The smallest absolute Gasteiger partial charge is 0.282 e. The predicted molar refractivity (Wildman–Crippen MR) is 113 cm³/mol. The van der Waals surface area contributed by atoms with Crippen molar-refractivity contribution in [3.63, 3.8) is 0 Å². The molecule has 1 heterocycles. The van der Waals surface area contributed by atoms with Crippen molar-refractivity contribution in [3.8, 4) is 11.5 Å². The molecule has 1 aliphatic rings. The molecule has 9 nitrogen and oxygen atoms in total. The molecule has 10 heteroatoms. The van der Waals surface area contributed by atoms with Crippen LogP contribution < -0.4 is 10.1 Å². The first-order valence-electron chi connectivity index (χ1n) is 9.76. The number of imide groups is 1. The zero-order valence-corrected chi connectivity index (χ0v) is 17.0. The van der Waals surface area contributed by atoms with Crippen LogP contribution in [0.1, 0.15) is 26.3 Å². The topological polar surface area (TPSA) is 119 Å². The summed E-state index contributed by atoms with van der Waals surface area (Å²) in [6.07, 6.45) is 0. The molecule has 0 saturated carbocycles. The molecule has 0 aromatic heterocycles. The van der Waals surface area contributed by atoms with Crippen LogP contribution in [-0.4, -0.2) is 34.1 Å². The van der Waals surface area contributed by atoms with E-state index in [1.165, 1.54) is 36.4 Å². The zero-order chi connectivity index (χ0) is 23.5. The van der Waals surface area contributed by atoms with Gasteiger partial charge in [0, 0.05) is 12.6 Å². The Morgan fingerprint density at radius 2 is 1.61 bits per heavy atom. The number of fused-ring (bicyclic) bond motifs is 1. The molecule has 33 heavy (non-hydrogen) atoms. The number of rotatable bonds is 7. The third kappa shape index (κ3) is 4.54. The van der Waals surface area contributed by atoms with Gasteiger partial charge in [-0.15, -0.1) is 0 Å². The molecular formula is C23H16FN3O6. The van der Waals surface area contributed by atoms with Gasteiger partial charge in [-0.3, -0.25) is 29.4 Å².